The SMILES string of the molecule is Cc1c(CO)cnc(N2CC3[C@H](C2)C3(F)F)c1C#N. The van der Waals surface area contributed by atoms with Crippen molar-refractivity contribution >= 4 is 5.82 Å². The Labute approximate surface area is 109 Å². The lowest BCUT2D eigenvalue weighted by Crippen LogP contribution is -2.29. The number of fused-ring (bicyclic) bond motifs is 1. The summed E-state index contributed by atoms with van der Waals surface area (Å²) in [7, 11) is 0. The van der Waals surface area contributed by atoms with Crippen molar-refractivity contribution in [3.05, 3.63) is 22.9 Å². The molecule has 1 N–H and O–H groups in total. The van der Waals surface area contributed by atoms with Crippen LogP contribution in [-0.2, 0) is 6.61 Å². The fourth-order valence-corrected chi connectivity index (χ4v) is 2.84. The van der Waals surface area contributed by atoms with E-state index in [1.807, 2.05) is 0 Å². The predicted octanol–water partition coefficient (Wildman–Crippen LogP) is 1.46. The number of aromatic nitrogens is 1. The van der Waals surface area contributed by atoms with Gasteiger partial charge < -0.3 is 10.0 Å². The van der Waals surface area contributed by atoms with Crippen molar-refractivity contribution < 1.29 is 13.9 Å². The van der Waals surface area contributed by atoms with Crippen LogP contribution >= 0.6 is 0 Å². The molecule has 0 amide bonds. The minimum Gasteiger partial charge on any atom is -0.392 e. The van der Waals surface area contributed by atoms with Crippen LogP contribution in [0, 0.1) is 30.1 Å². The third-order valence-corrected chi connectivity index (χ3v) is 4.20. The van der Waals surface area contributed by atoms with E-state index in [-0.39, 0.29) is 19.7 Å². The van der Waals surface area contributed by atoms with Gasteiger partial charge in [-0.3, -0.25) is 0 Å². The number of pyridine rings is 1. The minimum absolute atomic E-state index is 0.183. The van der Waals surface area contributed by atoms with Gasteiger partial charge in [-0.25, -0.2) is 13.8 Å². The Balaban J connectivity index is 1.91. The molecule has 1 aromatic heterocycles. The van der Waals surface area contributed by atoms with Crippen molar-refractivity contribution in [1.82, 2.24) is 4.98 Å². The van der Waals surface area contributed by atoms with E-state index in [4.69, 9.17) is 5.11 Å². The van der Waals surface area contributed by atoms with Crippen LogP contribution in [0.25, 0.3) is 0 Å². The van der Waals surface area contributed by atoms with Gasteiger partial charge in [-0.05, 0) is 12.5 Å². The van der Waals surface area contributed by atoms with Crippen LogP contribution in [0.15, 0.2) is 6.20 Å². The molecule has 2 aliphatic rings. The summed E-state index contributed by atoms with van der Waals surface area (Å²) in [5.74, 6) is -3.28. The van der Waals surface area contributed by atoms with Crippen LogP contribution in [-0.4, -0.2) is 29.1 Å². The largest absolute Gasteiger partial charge is 0.392 e. The van der Waals surface area contributed by atoms with Gasteiger partial charge in [0, 0.05) is 24.8 Å². The Morgan fingerprint density at radius 2 is 2.16 bits per heavy atom. The average molecular weight is 265 g/mol. The average Bonchev–Trinajstić information content (AvgIpc) is 2.79. The highest BCUT2D eigenvalue weighted by molar-refractivity contribution is 5.60. The summed E-state index contributed by atoms with van der Waals surface area (Å²) in [6.07, 6.45) is 1.51. The zero-order chi connectivity index (χ0) is 13.8. The fraction of sp³-hybridized carbons (Fsp3) is 0.538. The van der Waals surface area contributed by atoms with E-state index in [0.717, 1.165) is 0 Å². The van der Waals surface area contributed by atoms with Gasteiger partial charge in [-0.15, -0.1) is 0 Å². The number of hydrogen-bond donors (Lipinski definition) is 1. The summed E-state index contributed by atoms with van der Waals surface area (Å²) in [6.45, 7) is 2.05. The molecule has 1 aromatic rings. The number of rotatable bonds is 2. The molecule has 1 saturated carbocycles. The lowest BCUT2D eigenvalue weighted by molar-refractivity contribution is 0.0797. The second kappa shape index (κ2) is 3.87. The smallest absolute Gasteiger partial charge is 0.258 e. The molecule has 1 aliphatic carbocycles. The molecule has 100 valence electrons. The first-order chi connectivity index (χ1) is 9.00. The summed E-state index contributed by atoms with van der Waals surface area (Å²) < 4.78 is 26.3. The summed E-state index contributed by atoms with van der Waals surface area (Å²) in [4.78, 5) is 5.91. The van der Waals surface area contributed by atoms with E-state index in [2.05, 4.69) is 11.1 Å². The van der Waals surface area contributed by atoms with Crippen LogP contribution in [0.2, 0.25) is 0 Å². The molecule has 3 rings (SSSR count). The first-order valence-corrected chi connectivity index (χ1v) is 6.13. The zero-order valence-electron chi connectivity index (χ0n) is 10.4. The van der Waals surface area contributed by atoms with Crippen molar-refractivity contribution in [2.24, 2.45) is 11.8 Å². The van der Waals surface area contributed by atoms with Crippen molar-refractivity contribution in [3.63, 3.8) is 0 Å². The molecule has 0 spiro atoms. The van der Waals surface area contributed by atoms with Crippen molar-refractivity contribution in [3.8, 4) is 6.07 Å². The molecular formula is C13H13F2N3O. The van der Waals surface area contributed by atoms with E-state index < -0.39 is 17.8 Å². The number of hydrogen-bond acceptors (Lipinski definition) is 4. The highest BCUT2D eigenvalue weighted by Gasteiger charge is 2.71. The van der Waals surface area contributed by atoms with Crippen LogP contribution < -0.4 is 4.90 Å². The number of piperidine rings is 1. The maximum atomic E-state index is 13.2. The fourth-order valence-electron chi connectivity index (χ4n) is 2.84. The quantitative estimate of drug-likeness (QED) is 0.879. The molecule has 1 saturated heterocycles. The lowest BCUT2D eigenvalue weighted by Gasteiger charge is -2.23. The predicted molar refractivity (Wildman–Crippen MR) is 63.8 cm³/mol. The molecule has 4 nitrogen and oxygen atoms in total. The minimum atomic E-state index is -2.54. The summed E-state index contributed by atoms with van der Waals surface area (Å²) in [5, 5.41) is 18.4. The normalized spacial score (nSPS) is 27.0. The number of nitrogens with zero attached hydrogens (tertiary/aromatic N) is 3. The molecule has 2 atom stereocenters. The summed E-state index contributed by atoms with van der Waals surface area (Å²) in [6, 6.07) is 2.06. The molecule has 0 bridgehead atoms. The summed E-state index contributed by atoms with van der Waals surface area (Å²) >= 11 is 0. The molecule has 0 aromatic carbocycles. The monoisotopic (exact) mass is 265 g/mol. The topological polar surface area (TPSA) is 60.2 Å². The highest BCUT2D eigenvalue weighted by atomic mass is 19.3. The van der Waals surface area contributed by atoms with Crippen molar-refractivity contribution in [2.45, 2.75) is 19.5 Å². The second-order valence-electron chi connectivity index (χ2n) is 5.17. The van der Waals surface area contributed by atoms with Gasteiger partial charge in [-0.2, -0.15) is 5.26 Å². The Morgan fingerprint density at radius 3 is 2.68 bits per heavy atom. The molecule has 2 fully saturated rings. The Morgan fingerprint density at radius 1 is 1.53 bits per heavy atom. The number of nitriles is 1. The number of aliphatic hydroxyl groups excluding tert-OH is 1. The first-order valence-electron chi connectivity index (χ1n) is 6.13. The molecule has 1 aliphatic heterocycles. The maximum Gasteiger partial charge on any atom is 0.258 e. The lowest BCUT2D eigenvalue weighted by atomic mass is 10.1. The Hall–Kier alpha value is -1.74. The van der Waals surface area contributed by atoms with E-state index in [1.165, 1.54) is 6.20 Å². The molecule has 6 heteroatoms. The Bertz CT molecular complexity index is 568. The van der Waals surface area contributed by atoms with Gasteiger partial charge >= 0.3 is 0 Å². The van der Waals surface area contributed by atoms with Gasteiger partial charge in [0.15, 0.2) is 0 Å². The summed E-state index contributed by atoms with van der Waals surface area (Å²) in [5.41, 5.74) is 1.63. The Kier molecular flexibility index (Phi) is 2.51. The van der Waals surface area contributed by atoms with Gasteiger partial charge in [0.25, 0.3) is 5.92 Å². The third kappa shape index (κ3) is 1.61. The molecule has 1 unspecified atom stereocenters. The molecule has 0 radical (unpaired) electrons. The third-order valence-electron chi connectivity index (χ3n) is 4.20. The zero-order valence-corrected chi connectivity index (χ0v) is 10.4. The van der Waals surface area contributed by atoms with E-state index in [0.29, 0.717) is 22.5 Å². The number of anilines is 1. The van der Waals surface area contributed by atoms with Crippen LogP contribution in [0.5, 0.6) is 0 Å². The van der Waals surface area contributed by atoms with E-state index in [9.17, 15) is 14.0 Å². The van der Waals surface area contributed by atoms with E-state index in [1.54, 1.807) is 11.8 Å². The van der Waals surface area contributed by atoms with Crippen LogP contribution in [0.4, 0.5) is 14.6 Å². The maximum absolute atomic E-state index is 13.2. The number of aliphatic hydroxyl groups is 1. The highest BCUT2D eigenvalue weighted by Crippen LogP contribution is 2.59. The second-order valence-corrected chi connectivity index (χ2v) is 5.17. The van der Waals surface area contributed by atoms with Crippen LogP contribution in [0.1, 0.15) is 16.7 Å². The van der Waals surface area contributed by atoms with Crippen molar-refractivity contribution in [1.29, 1.82) is 5.26 Å². The first kappa shape index (κ1) is 12.3. The van der Waals surface area contributed by atoms with Gasteiger partial charge in [0.05, 0.1) is 24.0 Å². The van der Waals surface area contributed by atoms with Gasteiger partial charge in [0.2, 0.25) is 0 Å². The molecule has 2 heterocycles. The van der Waals surface area contributed by atoms with Gasteiger partial charge in [-0.1, -0.05) is 0 Å². The van der Waals surface area contributed by atoms with Crippen molar-refractivity contribution in [2.75, 3.05) is 18.0 Å². The number of alkyl halides is 2. The molecule has 19 heavy (non-hydrogen) atoms. The standard InChI is InChI=1S/C13H13F2N3O/c1-7-8(6-19)3-17-12(9(7)2-16)18-4-10-11(5-18)13(10,14)15/h3,10-11,19H,4-6H2,1H3/t10-,11?/m0/s1. The molecular weight excluding hydrogens is 252 g/mol. The number of halogens is 2. The van der Waals surface area contributed by atoms with Gasteiger partial charge in [0.1, 0.15) is 11.9 Å². The van der Waals surface area contributed by atoms with E-state index >= 15 is 0 Å². The van der Waals surface area contributed by atoms with Crippen LogP contribution in [0.3, 0.4) is 0 Å².